The summed E-state index contributed by atoms with van der Waals surface area (Å²) in [7, 11) is 0. The normalized spacial score (nSPS) is 10.7. The minimum absolute atomic E-state index is 0.219. The molecule has 0 bridgehead atoms. The van der Waals surface area contributed by atoms with Crippen LogP contribution in [0, 0.1) is 0 Å². The molecule has 6 heteroatoms. The molecule has 0 aliphatic carbocycles. The molecule has 0 aliphatic heterocycles. The van der Waals surface area contributed by atoms with Gasteiger partial charge in [-0.15, -0.1) is 0 Å². The van der Waals surface area contributed by atoms with E-state index < -0.39 is 0 Å². The van der Waals surface area contributed by atoms with Gasteiger partial charge in [-0.25, -0.2) is 0 Å². The van der Waals surface area contributed by atoms with E-state index in [0.29, 0.717) is 34.4 Å². The summed E-state index contributed by atoms with van der Waals surface area (Å²) in [6, 6.07) is 12.0. The number of anilines is 1. The number of aromatic nitrogens is 2. The summed E-state index contributed by atoms with van der Waals surface area (Å²) in [5, 5.41) is 13.7. The maximum Gasteiger partial charge on any atom is 0.261 e. The smallest absolute Gasteiger partial charge is 0.261 e. The summed E-state index contributed by atoms with van der Waals surface area (Å²) in [5.41, 5.74) is 7.89. The lowest BCUT2D eigenvalue weighted by Gasteiger charge is -2.01. The molecule has 0 amide bonds. The number of phenols is 1. The van der Waals surface area contributed by atoms with E-state index in [2.05, 4.69) is 10.1 Å². The Hall–Kier alpha value is -2.53. The predicted molar refractivity (Wildman–Crippen MR) is 80.1 cm³/mol. The molecule has 5 nitrogen and oxygen atoms in total. The Morgan fingerprint density at radius 2 is 1.90 bits per heavy atom. The third-order valence-corrected chi connectivity index (χ3v) is 3.34. The van der Waals surface area contributed by atoms with E-state index in [1.165, 1.54) is 0 Å². The number of nitrogen functional groups attached to an aromatic ring is 1. The quantitative estimate of drug-likeness (QED) is 0.725. The largest absolute Gasteiger partial charge is 0.508 e. The molecule has 2 aromatic carbocycles. The van der Waals surface area contributed by atoms with Crippen LogP contribution in [0.2, 0.25) is 5.02 Å². The van der Waals surface area contributed by atoms with Crippen LogP contribution < -0.4 is 5.73 Å². The number of hydrogen-bond acceptors (Lipinski definition) is 5. The Balaban J connectivity index is 1.88. The Morgan fingerprint density at radius 3 is 2.62 bits per heavy atom. The fourth-order valence-electron chi connectivity index (χ4n) is 1.99. The molecule has 0 saturated carbocycles. The first-order chi connectivity index (χ1) is 10.1. The van der Waals surface area contributed by atoms with Crippen LogP contribution in [0.5, 0.6) is 5.75 Å². The summed E-state index contributed by atoms with van der Waals surface area (Å²) in [6.45, 7) is 0. The van der Waals surface area contributed by atoms with Gasteiger partial charge in [0.25, 0.3) is 5.89 Å². The van der Waals surface area contributed by atoms with Gasteiger partial charge < -0.3 is 15.4 Å². The molecule has 0 fully saturated rings. The topological polar surface area (TPSA) is 85.2 Å². The highest BCUT2D eigenvalue weighted by atomic mass is 35.5. The van der Waals surface area contributed by atoms with Crippen molar-refractivity contribution in [1.29, 1.82) is 0 Å². The molecule has 106 valence electrons. The highest BCUT2D eigenvalue weighted by Crippen LogP contribution is 2.32. The van der Waals surface area contributed by atoms with Gasteiger partial charge in [0.05, 0.1) is 10.6 Å². The summed E-state index contributed by atoms with van der Waals surface area (Å²) >= 11 is 6.12. The van der Waals surface area contributed by atoms with Crippen molar-refractivity contribution in [3.05, 3.63) is 58.9 Å². The molecule has 0 spiro atoms. The second-order valence-electron chi connectivity index (χ2n) is 4.56. The maximum atomic E-state index is 9.26. The first kappa shape index (κ1) is 13.5. The van der Waals surface area contributed by atoms with Crippen LogP contribution in [0.1, 0.15) is 11.4 Å². The average Bonchev–Trinajstić information content (AvgIpc) is 2.89. The SMILES string of the molecule is Nc1cccc(Cl)c1-c1nc(Cc2ccc(O)cc2)no1. The van der Waals surface area contributed by atoms with Gasteiger partial charge in [0, 0.05) is 12.1 Å². The van der Waals surface area contributed by atoms with Crippen LogP contribution in [-0.2, 0) is 6.42 Å². The van der Waals surface area contributed by atoms with Crippen molar-refractivity contribution in [2.24, 2.45) is 0 Å². The number of hydrogen-bond donors (Lipinski definition) is 2. The molecule has 3 aromatic rings. The Kier molecular flexibility index (Phi) is 3.50. The van der Waals surface area contributed by atoms with E-state index in [1.54, 1.807) is 42.5 Å². The Bertz CT molecular complexity index is 749. The highest BCUT2D eigenvalue weighted by Gasteiger charge is 2.15. The molecule has 0 aliphatic rings. The average molecular weight is 302 g/mol. The van der Waals surface area contributed by atoms with Gasteiger partial charge in [-0.1, -0.05) is 35.0 Å². The molecule has 0 radical (unpaired) electrons. The number of nitrogens with two attached hydrogens (primary N) is 1. The van der Waals surface area contributed by atoms with Crippen molar-refractivity contribution >= 4 is 17.3 Å². The summed E-state index contributed by atoms with van der Waals surface area (Å²) in [5.74, 6) is 1.04. The zero-order valence-corrected chi connectivity index (χ0v) is 11.7. The fourth-order valence-corrected chi connectivity index (χ4v) is 2.25. The number of nitrogens with zero attached hydrogens (tertiary/aromatic N) is 2. The van der Waals surface area contributed by atoms with Crippen LogP contribution in [0.3, 0.4) is 0 Å². The number of benzene rings is 2. The summed E-state index contributed by atoms with van der Waals surface area (Å²) in [6.07, 6.45) is 0.494. The lowest BCUT2D eigenvalue weighted by Crippen LogP contribution is -1.92. The van der Waals surface area contributed by atoms with Gasteiger partial charge in [-0.3, -0.25) is 0 Å². The molecule has 0 saturated heterocycles. The van der Waals surface area contributed by atoms with Crippen molar-refractivity contribution in [3.63, 3.8) is 0 Å². The van der Waals surface area contributed by atoms with E-state index >= 15 is 0 Å². The number of rotatable bonds is 3. The monoisotopic (exact) mass is 301 g/mol. The van der Waals surface area contributed by atoms with Gasteiger partial charge >= 0.3 is 0 Å². The number of halogens is 1. The van der Waals surface area contributed by atoms with E-state index in [4.69, 9.17) is 21.9 Å². The van der Waals surface area contributed by atoms with Crippen molar-refractivity contribution in [3.8, 4) is 17.2 Å². The molecule has 1 heterocycles. The third kappa shape index (κ3) is 2.83. The van der Waals surface area contributed by atoms with E-state index in [9.17, 15) is 5.11 Å². The lowest BCUT2D eigenvalue weighted by molar-refractivity contribution is 0.424. The van der Waals surface area contributed by atoms with Gasteiger partial charge in [0.1, 0.15) is 5.75 Å². The van der Waals surface area contributed by atoms with Gasteiger partial charge in [-0.2, -0.15) is 4.98 Å². The molecule has 0 atom stereocenters. The number of aromatic hydroxyl groups is 1. The molecular formula is C15H12ClN3O2. The summed E-state index contributed by atoms with van der Waals surface area (Å²) < 4.78 is 5.23. The maximum absolute atomic E-state index is 9.26. The van der Waals surface area contributed by atoms with Gasteiger partial charge in [0.15, 0.2) is 5.82 Å². The Labute approximate surface area is 126 Å². The zero-order chi connectivity index (χ0) is 14.8. The molecule has 3 N–H and O–H groups in total. The molecular weight excluding hydrogens is 290 g/mol. The van der Waals surface area contributed by atoms with Crippen LogP contribution in [-0.4, -0.2) is 15.2 Å². The fraction of sp³-hybridized carbons (Fsp3) is 0.0667. The molecule has 3 rings (SSSR count). The molecule has 1 aromatic heterocycles. The van der Waals surface area contributed by atoms with Crippen molar-refractivity contribution < 1.29 is 9.63 Å². The van der Waals surface area contributed by atoms with E-state index in [1.807, 2.05) is 0 Å². The van der Waals surface area contributed by atoms with Crippen LogP contribution in [0.4, 0.5) is 5.69 Å². The number of phenolic OH excluding ortho intramolecular Hbond substituents is 1. The molecule has 0 unspecified atom stereocenters. The molecule has 21 heavy (non-hydrogen) atoms. The minimum atomic E-state index is 0.219. The first-order valence-corrected chi connectivity index (χ1v) is 6.66. The van der Waals surface area contributed by atoms with Crippen molar-refractivity contribution in [1.82, 2.24) is 10.1 Å². The van der Waals surface area contributed by atoms with Gasteiger partial charge in [0.2, 0.25) is 0 Å². The first-order valence-electron chi connectivity index (χ1n) is 6.28. The zero-order valence-electron chi connectivity index (χ0n) is 11.0. The Morgan fingerprint density at radius 1 is 1.14 bits per heavy atom. The van der Waals surface area contributed by atoms with E-state index in [0.717, 1.165) is 5.56 Å². The van der Waals surface area contributed by atoms with Crippen LogP contribution in [0.25, 0.3) is 11.5 Å². The lowest BCUT2D eigenvalue weighted by atomic mass is 10.1. The third-order valence-electron chi connectivity index (χ3n) is 3.03. The second kappa shape index (κ2) is 5.46. The van der Waals surface area contributed by atoms with Crippen molar-refractivity contribution in [2.45, 2.75) is 6.42 Å². The second-order valence-corrected chi connectivity index (χ2v) is 4.97. The van der Waals surface area contributed by atoms with Crippen molar-refractivity contribution in [2.75, 3.05) is 5.73 Å². The van der Waals surface area contributed by atoms with Crippen LogP contribution in [0.15, 0.2) is 47.0 Å². The standard InChI is InChI=1S/C15H12ClN3O2/c16-11-2-1-3-12(17)14(11)15-18-13(19-21-15)8-9-4-6-10(20)7-5-9/h1-7,20H,8,17H2. The highest BCUT2D eigenvalue weighted by molar-refractivity contribution is 6.33. The van der Waals surface area contributed by atoms with E-state index in [-0.39, 0.29) is 5.75 Å². The predicted octanol–water partition coefficient (Wildman–Crippen LogP) is 3.27. The van der Waals surface area contributed by atoms with Crippen LogP contribution >= 0.6 is 11.6 Å². The van der Waals surface area contributed by atoms with Gasteiger partial charge in [-0.05, 0) is 29.8 Å². The minimum Gasteiger partial charge on any atom is -0.508 e. The summed E-state index contributed by atoms with van der Waals surface area (Å²) in [4.78, 5) is 4.32.